The van der Waals surface area contributed by atoms with Crippen LogP contribution in [-0.4, -0.2) is 32.2 Å². The Hall–Kier alpha value is -2.96. The zero-order chi connectivity index (χ0) is 17.7. The van der Waals surface area contributed by atoms with Crippen molar-refractivity contribution >= 4 is 11.6 Å². The Kier molecular flexibility index (Phi) is 5.47. The highest BCUT2D eigenvalue weighted by molar-refractivity contribution is 5.93. The number of aryl methyl sites for hydroxylation is 1. The maximum absolute atomic E-state index is 12.3. The second-order valence-electron chi connectivity index (χ2n) is 5.15. The molecule has 0 fully saturated rings. The summed E-state index contributed by atoms with van der Waals surface area (Å²) in [7, 11) is 4.56. The van der Waals surface area contributed by atoms with Gasteiger partial charge < -0.3 is 24.5 Å². The van der Waals surface area contributed by atoms with Gasteiger partial charge in [-0.3, -0.25) is 9.59 Å². The molecular formula is C17H20N2O5. The van der Waals surface area contributed by atoms with Crippen LogP contribution in [0.4, 0.5) is 5.69 Å². The van der Waals surface area contributed by atoms with Crippen LogP contribution < -0.4 is 25.1 Å². The van der Waals surface area contributed by atoms with E-state index in [1.54, 1.807) is 19.1 Å². The molecule has 0 atom stereocenters. The van der Waals surface area contributed by atoms with E-state index >= 15 is 0 Å². The molecule has 2 aromatic rings. The topological polar surface area (TPSA) is 89.7 Å². The number of aromatic nitrogens is 1. The van der Waals surface area contributed by atoms with Crippen molar-refractivity contribution in [2.75, 3.05) is 26.6 Å². The highest BCUT2D eigenvalue weighted by atomic mass is 16.5. The lowest BCUT2D eigenvalue weighted by Gasteiger charge is -2.14. The number of methoxy groups -OCH3 is 3. The summed E-state index contributed by atoms with van der Waals surface area (Å²) in [4.78, 5) is 26.0. The maximum Gasteiger partial charge on any atom is 0.248 e. The summed E-state index contributed by atoms with van der Waals surface area (Å²) in [5, 5.41) is 2.77. The second kappa shape index (κ2) is 7.54. The van der Waals surface area contributed by atoms with E-state index in [1.165, 1.54) is 33.6 Å². The molecule has 0 unspecified atom stereocenters. The third kappa shape index (κ3) is 3.87. The highest BCUT2D eigenvalue weighted by Gasteiger charge is 2.15. The number of aromatic amines is 1. The number of pyridine rings is 1. The van der Waals surface area contributed by atoms with Crippen molar-refractivity contribution < 1.29 is 19.0 Å². The van der Waals surface area contributed by atoms with Crippen molar-refractivity contribution in [3.8, 4) is 17.2 Å². The molecule has 0 aliphatic rings. The fourth-order valence-electron chi connectivity index (χ4n) is 2.33. The van der Waals surface area contributed by atoms with Crippen molar-refractivity contribution in [1.82, 2.24) is 4.98 Å². The molecule has 0 aliphatic carbocycles. The van der Waals surface area contributed by atoms with E-state index in [0.717, 1.165) is 0 Å². The summed E-state index contributed by atoms with van der Waals surface area (Å²) in [6, 6.07) is 4.87. The molecule has 0 spiro atoms. The molecule has 1 heterocycles. The van der Waals surface area contributed by atoms with Gasteiger partial charge in [0.2, 0.25) is 17.2 Å². The van der Waals surface area contributed by atoms with Crippen LogP contribution in [0.5, 0.6) is 17.2 Å². The van der Waals surface area contributed by atoms with Gasteiger partial charge in [0, 0.05) is 12.3 Å². The van der Waals surface area contributed by atoms with Gasteiger partial charge in [0.1, 0.15) is 0 Å². The molecule has 0 radical (unpaired) electrons. The number of ether oxygens (including phenoxy) is 3. The van der Waals surface area contributed by atoms with E-state index in [1.807, 2.05) is 0 Å². The summed E-state index contributed by atoms with van der Waals surface area (Å²) in [6.45, 7) is 1.75. The molecular weight excluding hydrogens is 312 g/mol. The Balaban J connectivity index is 2.20. The fraction of sp³-hybridized carbons (Fsp3) is 0.294. The van der Waals surface area contributed by atoms with Crippen molar-refractivity contribution in [1.29, 1.82) is 0 Å². The first-order valence-corrected chi connectivity index (χ1v) is 7.26. The van der Waals surface area contributed by atoms with Gasteiger partial charge in [0.15, 0.2) is 11.5 Å². The molecule has 1 amide bonds. The van der Waals surface area contributed by atoms with E-state index in [9.17, 15) is 9.59 Å². The van der Waals surface area contributed by atoms with Crippen LogP contribution in [0, 0.1) is 6.92 Å². The minimum absolute atomic E-state index is 0.120. The van der Waals surface area contributed by atoms with E-state index in [2.05, 4.69) is 10.3 Å². The first kappa shape index (κ1) is 17.4. The van der Waals surface area contributed by atoms with Crippen LogP contribution in [0.3, 0.4) is 0 Å². The van der Waals surface area contributed by atoms with Gasteiger partial charge in [-0.2, -0.15) is 0 Å². The number of amides is 1. The van der Waals surface area contributed by atoms with Gasteiger partial charge in [0.05, 0.1) is 33.4 Å². The van der Waals surface area contributed by atoms with E-state index in [4.69, 9.17) is 14.2 Å². The van der Waals surface area contributed by atoms with Gasteiger partial charge in [-0.05, 0) is 30.2 Å². The lowest BCUT2D eigenvalue weighted by atomic mass is 10.1. The van der Waals surface area contributed by atoms with Crippen molar-refractivity contribution in [3.05, 3.63) is 45.9 Å². The number of benzene rings is 1. The predicted molar refractivity (Wildman–Crippen MR) is 90.2 cm³/mol. The predicted octanol–water partition coefficient (Wildman–Crippen LogP) is 1.89. The zero-order valence-electron chi connectivity index (χ0n) is 14.1. The maximum atomic E-state index is 12.3. The average molecular weight is 332 g/mol. The molecule has 0 aliphatic heterocycles. The molecule has 0 bridgehead atoms. The summed E-state index contributed by atoms with van der Waals surface area (Å²) < 4.78 is 15.8. The van der Waals surface area contributed by atoms with Crippen molar-refractivity contribution in [3.63, 3.8) is 0 Å². The molecule has 2 rings (SSSR count). The molecule has 1 aromatic heterocycles. The Labute approximate surface area is 139 Å². The monoisotopic (exact) mass is 332 g/mol. The Bertz CT molecular complexity index is 773. The number of carbonyl (C=O) groups is 1. The van der Waals surface area contributed by atoms with Crippen LogP contribution in [0.15, 0.2) is 29.2 Å². The number of hydrogen-bond donors (Lipinski definition) is 2. The Morgan fingerprint density at radius 2 is 1.71 bits per heavy atom. The smallest absolute Gasteiger partial charge is 0.248 e. The van der Waals surface area contributed by atoms with Gasteiger partial charge in [-0.15, -0.1) is 0 Å². The SMILES string of the molecule is COc1cc(CC(=O)Nc2c[nH]c(=O)cc2C)cc(OC)c1OC. The molecule has 0 saturated carbocycles. The normalized spacial score (nSPS) is 10.2. The fourth-order valence-corrected chi connectivity index (χ4v) is 2.33. The molecule has 24 heavy (non-hydrogen) atoms. The third-order valence-electron chi connectivity index (χ3n) is 3.49. The summed E-state index contributed by atoms with van der Waals surface area (Å²) in [5.74, 6) is 1.22. The second-order valence-corrected chi connectivity index (χ2v) is 5.15. The number of anilines is 1. The van der Waals surface area contributed by atoms with Gasteiger partial charge in [0.25, 0.3) is 0 Å². The highest BCUT2D eigenvalue weighted by Crippen LogP contribution is 2.38. The number of H-pyrrole nitrogens is 1. The number of rotatable bonds is 6. The molecule has 128 valence electrons. The quantitative estimate of drug-likeness (QED) is 0.843. The van der Waals surface area contributed by atoms with Crippen molar-refractivity contribution in [2.45, 2.75) is 13.3 Å². The van der Waals surface area contributed by atoms with Crippen molar-refractivity contribution in [2.24, 2.45) is 0 Å². The summed E-state index contributed by atoms with van der Waals surface area (Å²) in [6.07, 6.45) is 1.60. The van der Waals surface area contributed by atoms with Crippen LogP contribution in [0.25, 0.3) is 0 Å². The summed E-state index contributed by atoms with van der Waals surface area (Å²) >= 11 is 0. The van der Waals surface area contributed by atoms with E-state index < -0.39 is 0 Å². The van der Waals surface area contributed by atoms with Gasteiger partial charge >= 0.3 is 0 Å². The number of hydrogen-bond acceptors (Lipinski definition) is 5. The molecule has 7 nitrogen and oxygen atoms in total. The molecule has 0 saturated heterocycles. The minimum Gasteiger partial charge on any atom is -0.493 e. The van der Waals surface area contributed by atoms with Crippen LogP contribution >= 0.6 is 0 Å². The average Bonchev–Trinajstić information content (AvgIpc) is 2.56. The Morgan fingerprint density at radius 1 is 1.08 bits per heavy atom. The van der Waals surface area contributed by atoms with Crippen LogP contribution in [0.2, 0.25) is 0 Å². The molecule has 2 N–H and O–H groups in total. The third-order valence-corrected chi connectivity index (χ3v) is 3.49. The lowest BCUT2D eigenvalue weighted by molar-refractivity contribution is -0.115. The zero-order valence-corrected chi connectivity index (χ0v) is 14.1. The number of nitrogens with one attached hydrogen (secondary N) is 2. The molecule has 1 aromatic carbocycles. The van der Waals surface area contributed by atoms with Crippen LogP contribution in [-0.2, 0) is 11.2 Å². The lowest BCUT2D eigenvalue weighted by Crippen LogP contribution is -2.17. The standard InChI is InChI=1S/C17H20N2O5/c1-10-5-15(20)18-9-12(10)19-16(21)8-11-6-13(22-2)17(24-4)14(7-11)23-3/h5-7,9H,8H2,1-4H3,(H,18,20)(H,19,21). The van der Waals surface area contributed by atoms with E-state index in [0.29, 0.717) is 34.1 Å². The summed E-state index contributed by atoms with van der Waals surface area (Å²) in [5.41, 5.74) is 1.75. The Morgan fingerprint density at radius 3 is 2.21 bits per heavy atom. The van der Waals surface area contributed by atoms with Gasteiger partial charge in [-0.25, -0.2) is 0 Å². The molecule has 7 heteroatoms. The first-order valence-electron chi connectivity index (χ1n) is 7.26. The number of carbonyl (C=O) groups excluding carboxylic acids is 1. The minimum atomic E-state index is -0.223. The van der Waals surface area contributed by atoms with E-state index in [-0.39, 0.29) is 17.9 Å². The van der Waals surface area contributed by atoms with Crippen LogP contribution in [0.1, 0.15) is 11.1 Å². The van der Waals surface area contributed by atoms with Gasteiger partial charge in [-0.1, -0.05) is 0 Å². The first-order chi connectivity index (χ1) is 11.5. The largest absolute Gasteiger partial charge is 0.493 e.